The number of para-hydroxylation sites is 8. The second-order valence-electron chi connectivity index (χ2n) is 20.0. The molecule has 3 heterocycles. The van der Waals surface area contributed by atoms with Gasteiger partial charge in [0.25, 0.3) is 0 Å². The number of rotatable bonds is 10. The minimum atomic E-state index is -0.397. The van der Waals surface area contributed by atoms with Gasteiger partial charge in [-0.2, -0.15) is 22.9 Å². The monoisotopic (exact) mass is 1140 g/mol. The van der Waals surface area contributed by atoms with Gasteiger partial charge in [-0.25, -0.2) is 0 Å². The first kappa shape index (κ1) is 55.0. The van der Waals surface area contributed by atoms with E-state index in [2.05, 4.69) is 278 Å². The fraction of sp³-hybridized carbons (Fsp3) is 0. The van der Waals surface area contributed by atoms with Crippen LogP contribution in [-0.4, -0.2) is 59.4 Å². The van der Waals surface area contributed by atoms with Gasteiger partial charge in [-0.3, -0.25) is 0 Å². The number of benzene rings is 12. The van der Waals surface area contributed by atoms with Crippen molar-refractivity contribution in [2.75, 3.05) is 20.3 Å². The van der Waals surface area contributed by atoms with E-state index in [1.807, 2.05) is 66.7 Å². The molecule has 0 spiro atoms. The average molecular weight is 1140 g/mol. The maximum atomic E-state index is 5.57. The summed E-state index contributed by atoms with van der Waals surface area (Å²) in [5.41, 5.74) is 17.7. The average Bonchev–Trinajstić information content (AvgIpc) is 1.78. The fourth-order valence-corrected chi connectivity index (χ4v) is 11.6. The molecular formula is C72H56B2CaCl2N6. The van der Waals surface area contributed by atoms with Crippen molar-refractivity contribution in [3.63, 3.8) is 0 Å². The van der Waals surface area contributed by atoms with Crippen LogP contribution in [0.25, 0.3) is 55.0 Å². The Labute approximate surface area is 527 Å². The van der Waals surface area contributed by atoms with E-state index in [4.69, 9.17) is 22.9 Å². The molecule has 2 aromatic heterocycles. The summed E-state index contributed by atoms with van der Waals surface area (Å²) in [6.07, 6.45) is 0. The molecule has 396 valence electrons. The van der Waals surface area contributed by atoms with Gasteiger partial charge in [0.2, 0.25) is 0 Å². The third-order valence-corrected chi connectivity index (χ3v) is 15.5. The number of aromatic nitrogens is 2. The normalized spacial score (nSPS) is 11.6. The van der Waals surface area contributed by atoms with Gasteiger partial charge in [0.15, 0.2) is 0 Å². The summed E-state index contributed by atoms with van der Waals surface area (Å²) in [4.78, 5) is 4.95. The molecule has 0 unspecified atom stereocenters. The van der Waals surface area contributed by atoms with E-state index in [0.29, 0.717) is 0 Å². The van der Waals surface area contributed by atoms with Gasteiger partial charge in [-0.05, 0) is 120 Å². The number of nitrogens with zero attached hydrogens (tertiary/aromatic N) is 4. The first-order valence-corrected chi connectivity index (χ1v) is 28.4. The van der Waals surface area contributed by atoms with E-state index < -0.39 is 5.54 Å². The maximum absolute atomic E-state index is 5.57. The minimum Gasteiger partial charge on any atom is -1.00 e. The Morgan fingerprint density at radius 2 is 0.663 bits per heavy atom. The van der Waals surface area contributed by atoms with Gasteiger partial charge in [-0.1, -0.05) is 206 Å². The standard InChI is InChI=1S/C36H26BN3.C30H23N3.C6H5BCl2.Ca.2H/c1-4-14-27(15-5-1)37-39(28-16-6-2-7-17-28)35-25-24-30(26-36(35)40(37)29-18-8-3-9-19-29)38-33-22-12-10-20-31(33)32-21-11-13-23-34(32)38;1-3-11-22(12-4-1)31-27-20-19-24(21-28(27)32-23-13-5-2-6-14-23)33-29-17-9-7-15-25(29)26-16-8-10-18-30(26)33;8-7(9)6-4-2-1-3-5-6;;;/h1-26H;1-21,31-32H;1-5H;;;/q;;;+2;2*-1. The van der Waals surface area contributed by atoms with E-state index in [9.17, 15) is 0 Å². The molecule has 14 aromatic rings. The van der Waals surface area contributed by atoms with Crippen LogP contribution in [0, 0.1) is 0 Å². The molecule has 12 aromatic carbocycles. The molecule has 1 aliphatic rings. The smallest absolute Gasteiger partial charge is 1.00 e. The molecule has 1 aliphatic heterocycles. The molecule has 0 fully saturated rings. The summed E-state index contributed by atoms with van der Waals surface area (Å²) in [6, 6.07) is 110. The molecule has 6 nitrogen and oxygen atoms in total. The molecule has 0 aliphatic carbocycles. The predicted octanol–water partition coefficient (Wildman–Crippen LogP) is 18.4. The molecule has 0 saturated carbocycles. The van der Waals surface area contributed by atoms with Crippen LogP contribution in [0.5, 0.6) is 0 Å². The number of halogens is 2. The topological polar surface area (TPSA) is 40.4 Å². The van der Waals surface area contributed by atoms with E-state index in [-0.39, 0.29) is 47.6 Å². The molecule has 0 bridgehead atoms. The Morgan fingerprint density at radius 1 is 0.313 bits per heavy atom. The van der Waals surface area contributed by atoms with Gasteiger partial charge < -0.3 is 32.2 Å². The molecule has 0 amide bonds. The van der Waals surface area contributed by atoms with Crippen molar-refractivity contribution in [3.8, 4) is 11.4 Å². The fourth-order valence-electron chi connectivity index (χ4n) is 11.3. The Bertz CT molecular complexity index is 4370. The van der Waals surface area contributed by atoms with Crippen molar-refractivity contribution in [2.45, 2.75) is 0 Å². The van der Waals surface area contributed by atoms with Crippen molar-refractivity contribution < 1.29 is 2.85 Å². The SMILES string of the molecule is ClB(Cl)c1ccccc1.[Ca+2].[H-].[H-].c1ccc(B2N(c3ccccc3)c3ccc(-n4c5ccccc5c5ccccc54)cc3N2c2ccccc2)cc1.c1ccc(Nc2ccc(-n3c4ccccc4c4ccccc43)cc2Nc2ccccc2)cc1. The Hall–Kier alpha value is -8.59. The molecule has 15 rings (SSSR count). The number of fused-ring (bicyclic) bond motifs is 7. The predicted molar refractivity (Wildman–Crippen MR) is 362 cm³/mol. The van der Waals surface area contributed by atoms with Crippen molar-refractivity contribution in [1.82, 2.24) is 9.13 Å². The van der Waals surface area contributed by atoms with Crippen molar-refractivity contribution in [1.29, 1.82) is 0 Å². The molecule has 0 saturated heterocycles. The third kappa shape index (κ3) is 11.4. The van der Waals surface area contributed by atoms with Crippen LogP contribution < -0.4 is 31.2 Å². The van der Waals surface area contributed by atoms with Crippen molar-refractivity contribution >= 4 is 173 Å². The zero-order chi connectivity index (χ0) is 55.2. The summed E-state index contributed by atoms with van der Waals surface area (Å²) >= 11 is 11.1. The molecule has 11 heteroatoms. The largest absolute Gasteiger partial charge is 2.00 e. The summed E-state index contributed by atoms with van der Waals surface area (Å²) in [6.45, 7) is -0.0330. The first-order valence-electron chi connectivity index (χ1n) is 27.5. The van der Waals surface area contributed by atoms with Crippen molar-refractivity contribution in [2.24, 2.45) is 0 Å². The van der Waals surface area contributed by atoms with Gasteiger partial charge in [0.1, 0.15) is 0 Å². The summed E-state index contributed by atoms with van der Waals surface area (Å²) in [5, 5.41) is 12.2. The van der Waals surface area contributed by atoms with E-state index in [0.717, 1.165) is 45.3 Å². The third-order valence-electron chi connectivity index (χ3n) is 15.0. The molecular weight excluding hydrogens is 1080 g/mol. The zero-order valence-corrected chi connectivity index (χ0v) is 49.1. The van der Waals surface area contributed by atoms with Crippen LogP contribution in [0.1, 0.15) is 2.85 Å². The van der Waals surface area contributed by atoms with Gasteiger partial charge in [0.05, 0.1) is 44.8 Å². The second kappa shape index (κ2) is 25.3. The second-order valence-corrected chi connectivity index (χ2v) is 21.1. The van der Waals surface area contributed by atoms with E-state index in [1.165, 1.54) is 66.1 Å². The van der Waals surface area contributed by atoms with Crippen LogP contribution in [0.4, 0.5) is 45.5 Å². The molecule has 0 radical (unpaired) electrons. The van der Waals surface area contributed by atoms with Gasteiger partial charge in [0, 0.05) is 55.7 Å². The zero-order valence-electron chi connectivity index (χ0n) is 47.4. The summed E-state index contributed by atoms with van der Waals surface area (Å²) < 4.78 is 4.74. The Morgan fingerprint density at radius 3 is 1.10 bits per heavy atom. The molecule has 83 heavy (non-hydrogen) atoms. The summed E-state index contributed by atoms with van der Waals surface area (Å²) in [7, 11) is 0. The van der Waals surface area contributed by atoms with Crippen LogP contribution in [0.2, 0.25) is 0 Å². The molecule has 0 atom stereocenters. The minimum absolute atomic E-state index is 0. The number of hydrogen-bond donors (Lipinski definition) is 2. The van der Waals surface area contributed by atoms with Crippen LogP contribution >= 0.6 is 22.9 Å². The number of hydrogen-bond acceptors (Lipinski definition) is 4. The maximum Gasteiger partial charge on any atom is 2.00 e. The van der Waals surface area contributed by atoms with E-state index >= 15 is 0 Å². The van der Waals surface area contributed by atoms with Crippen LogP contribution in [0.3, 0.4) is 0 Å². The molecule has 2 N–H and O–H groups in total. The van der Waals surface area contributed by atoms with E-state index in [1.54, 1.807) is 0 Å². The number of nitrogens with one attached hydrogen (secondary N) is 2. The Balaban J connectivity index is 0.000000162. The number of anilines is 8. The summed E-state index contributed by atoms with van der Waals surface area (Å²) in [5.74, 6) is 0. The van der Waals surface area contributed by atoms with Crippen LogP contribution in [0.15, 0.2) is 315 Å². The van der Waals surface area contributed by atoms with Crippen molar-refractivity contribution in [3.05, 3.63) is 315 Å². The quantitative estimate of drug-likeness (QED) is 0.134. The Kier molecular flexibility index (Phi) is 16.7. The first-order chi connectivity index (χ1) is 40.6. The van der Waals surface area contributed by atoms with Gasteiger partial charge >= 0.3 is 50.3 Å². The van der Waals surface area contributed by atoms with Crippen LogP contribution in [-0.2, 0) is 0 Å². The van der Waals surface area contributed by atoms with Gasteiger partial charge in [-0.15, -0.1) is 0 Å².